The first-order chi connectivity index (χ1) is 6.11. The Morgan fingerprint density at radius 2 is 2.38 bits per heavy atom. The van der Waals surface area contributed by atoms with Gasteiger partial charge in [-0.25, -0.2) is 4.79 Å². The molecule has 2 heteroatoms. The summed E-state index contributed by atoms with van der Waals surface area (Å²) in [4.78, 5) is 10.3. The first-order valence-electron chi connectivity index (χ1n) is 4.69. The van der Waals surface area contributed by atoms with Crippen LogP contribution in [0.25, 0.3) is 0 Å². The molecule has 0 amide bonds. The van der Waals surface area contributed by atoms with Gasteiger partial charge in [0.25, 0.3) is 0 Å². The monoisotopic (exact) mass is 180 g/mol. The van der Waals surface area contributed by atoms with E-state index in [1.807, 2.05) is 0 Å². The van der Waals surface area contributed by atoms with Crippen molar-refractivity contribution in [1.29, 1.82) is 0 Å². The number of hydrogen-bond donors (Lipinski definition) is 1. The van der Waals surface area contributed by atoms with Crippen molar-refractivity contribution in [3.8, 4) is 0 Å². The Hall–Kier alpha value is -1.05. The van der Waals surface area contributed by atoms with Crippen LogP contribution < -0.4 is 0 Å². The van der Waals surface area contributed by atoms with Crippen molar-refractivity contribution in [2.75, 3.05) is 0 Å². The molecule has 0 heterocycles. The van der Waals surface area contributed by atoms with E-state index in [1.54, 1.807) is 6.08 Å². The summed E-state index contributed by atoms with van der Waals surface area (Å²) in [5.74, 6) is 0.0380. The molecular formula is C11H16O2. The van der Waals surface area contributed by atoms with Gasteiger partial charge in [-0.15, -0.1) is 0 Å². The minimum Gasteiger partial charge on any atom is -0.478 e. The lowest BCUT2D eigenvalue weighted by molar-refractivity contribution is -0.131. The maximum atomic E-state index is 10.3. The van der Waals surface area contributed by atoms with Gasteiger partial charge in [0.05, 0.1) is 0 Å². The fourth-order valence-electron chi connectivity index (χ4n) is 1.87. The summed E-state index contributed by atoms with van der Waals surface area (Å²) in [7, 11) is 0. The van der Waals surface area contributed by atoms with Gasteiger partial charge in [-0.3, -0.25) is 0 Å². The highest BCUT2D eigenvalue weighted by Gasteiger charge is 2.19. The predicted octanol–water partition coefficient (Wildman–Crippen LogP) is 2.62. The van der Waals surface area contributed by atoms with Crippen molar-refractivity contribution >= 4 is 5.97 Å². The Balaban J connectivity index is 2.70. The summed E-state index contributed by atoms with van der Waals surface area (Å²) in [6.45, 7) is 4.25. The molecule has 0 fully saturated rings. The molecule has 0 radical (unpaired) electrons. The van der Waals surface area contributed by atoms with Crippen LogP contribution >= 0.6 is 0 Å². The SMILES string of the molecule is CC1=CCC[C@@H](C)[C@@H]1/C=C/C(=O)O. The number of carbonyl (C=O) groups is 1. The zero-order valence-electron chi connectivity index (χ0n) is 8.16. The Morgan fingerprint density at radius 3 is 2.92 bits per heavy atom. The van der Waals surface area contributed by atoms with Gasteiger partial charge < -0.3 is 5.11 Å². The molecule has 2 atom stereocenters. The molecule has 0 aromatic carbocycles. The number of allylic oxidation sites excluding steroid dienone is 3. The lowest BCUT2D eigenvalue weighted by atomic mass is 9.80. The van der Waals surface area contributed by atoms with E-state index in [-0.39, 0.29) is 0 Å². The number of hydrogen-bond acceptors (Lipinski definition) is 1. The van der Waals surface area contributed by atoms with Crippen LogP contribution in [-0.2, 0) is 4.79 Å². The first-order valence-corrected chi connectivity index (χ1v) is 4.69. The van der Waals surface area contributed by atoms with Crippen LogP contribution in [0.15, 0.2) is 23.8 Å². The van der Waals surface area contributed by atoms with E-state index in [4.69, 9.17) is 5.11 Å². The number of aliphatic carboxylic acids is 1. The third kappa shape index (κ3) is 2.72. The van der Waals surface area contributed by atoms with Gasteiger partial charge >= 0.3 is 5.97 Å². The van der Waals surface area contributed by atoms with Crippen LogP contribution in [0.5, 0.6) is 0 Å². The van der Waals surface area contributed by atoms with Gasteiger partial charge in [-0.2, -0.15) is 0 Å². The second-order valence-electron chi connectivity index (χ2n) is 3.73. The van der Waals surface area contributed by atoms with Gasteiger partial charge in [0.1, 0.15) is 0 Å². The molecule has 0 aliphatic heterocycles. The van der Waals surface area contributed by atoms with E-state index >= 15 is 0 Å². The zero-order valence-corrected chi connectivity index (χ0v) is 8.16. The van der Waals surface area contributed by atoms with Gasteiger partial charge in [0.2, 0.25) is 0 Å². The number of carboxylic acid groups (broad SMARTS) is 1. The van der Waals surface area contributed by atoms with E-state index < -0.39 is 5.97 Å². The molecule has 0 saturated carbocycles. The van der Waals surface area contributed by atoms with Crippen molar-refractivity contribution in [1.82, 2.24) is 0 Å². The molecule has 0 unspecified atom stereocenters. The van der Waals surface area contributed by atoms with Gasteiger partial charge in [0, 0.05) is 12.0 Å². The van der Waals surface area contributed by atoms with Crippen molar-refractivity contribution < 1.29 is 9.90 Å². The molecule has 0 aromatic heterocycles. The molecule has 2 nitrogen and oxygen atoms in total. The van der Waals surface area contributed by atoms with Crippen LogP contribution in [0, 0.1) is 11.8 Å². The highest BCUT2D eigenvalue weighted by molar-refractivity contribution is 5.79. The maximum absolute atomic E-state index is 10.3. The normalized spacial score (nSPS) is 28.9. The van der Waals surface area contributed by atoms with Crippen molar-refractivity contribution in [3.05, 3.63) is 23.8 Å². The van der Waals surface area contributed by atoms with E-state index in [2.05, 4.69) is 19.9 Å². The van der Waals surface area contributed by atoms with Crippen LogP contribution in [0.3, 0.4) is 0 Å². The average Bonchev–Trinajstić information content (AvgIpc) is 2.03. The summed E-state index contributed by atoms with van der Waals surface area (Å²) >= 11 is 0. The number of rotatable bonds is 2. The van der Waals surface area contributed by atoms with Crippen LogP contribution in [0.1, 0.15) is 26.7 Å². The summed E-state index contributed by atoms with van der Waals surface area (Å²) in [5.41, 5.74) is 1.30. The molecule has 0 spiro atoms. The quantitative estimate of drug-likeness (QED) is 0.524. The highest BCUT2D eigenvalue weighted by Crippen LogP contribution is 2.30. The summed E-state index contributed by atoms with van der Waals surface area (Å²) < 4.78 is 0. The Labute approximate surface area is 79.0 Å². The minimum absolute atomic E-state index is 0.324. The molecule has 0 bridgehead atoms. The highest BCUT2D eigenvalue weighted by atomic mass is 16.4. The molecule has 1 rings (SSSR count). The molecule has 1 N–H and O–H groups in total. The standard InChI is InChI=1S/C11H16O2/c1-8-4-3-5-9(2)10(8)6-7-11(12)13/h4,6-7,9-10H,3,5H2,1-2H3,(H,12,13)/b7-6+/t9-,10-/m1/s1. The Morgan fingerprint density at radius 1 is 1.69 bits per heavy atom. The molecule has 0 aromatic rings. The molecule has 13 heavy (non-hydrogen) atoms. The second kappa shape index (κ2) is 4.26. The second-order valence-corrected chi connectivity index (χ2v) is 3.73. The molecule has 1 aliphatic rings. The number of carboxylic acids is 1. The van der Waals surface area contributed by atoms with Crippen molar-refractivity contribution in [3.63, 3.8) is 0 Å². The molecular weight excluding hydrogens is 164 g/mol. The minimum atomic E-state index is -0.856. The largest absolute Gasteiger partial charge is 0.478 e. The van der Waals surface area contributed by atoms with Gasteiger partial charge in [-0.1, -0.05) is 24.6 Å². The van der Waals surface area contributed by atoms with E-state index in [0.29, 0.717) is 11.8 Å². The third-order valence-electron chi connectivity index (χ3n) is 2.67. The summed E-state index contributed by atoms with van der Waals surface area (Å²) in [6, 6.07) is 0. The molecule has 0 saturated heterocycles. The Bertz CT molecular complexity index is 251. The third-order valence-corrected chi connectivity index (χ3v) is 2.67. The smallest absolute Gasteiger partial charge is 0.327 e. The van der Waals surface area contributed by atoms with Gasteiger partial charge in [0.15, 0.2) is 0 Å². The van der Waals surface area contributed by atoms with Crippen molar-refractivity contribution in [2.45, 2.75) is 26.7 Å². The van der Waals surface area contributed by atoms with Crippen LogP contribution in [0.2, 0.25) is 0 Å². The van der Waals surface area contributed by atoms with E-state index in [1.165, 1.54) is 11.6 Å². The van der Waals surface area contributed by atoms with Crippen LogP contribution in [0.4, 0.5) is 0 Å². The predicted molar refractivity (Wildman–Crippen MR) is 52.4 cm³/mol. The topological polar surface area (TPSA) is 37.3 Å². The van der Waals surface area contributed by atoms with E-state index in [0.717, 1.165) is 12.8 Å². The van der Waals surface area contributed by atoms with Gasteiger partial charge in [-0.05, 0) is 25.7 Å². The Kier molecular flexibility index (Phi) is 3.29. The zero-order chi connectivity index (χ0) is 9.84. The molecule has 72 valence electrons. The summed E-state index contributed by atoms with van der Waals surface area (Å²) in [5, 5.41) is 8.51. The van der Waals surface area contributed by atoms with Crippen molar-refractivity contribution in [2.24, 2.45) is 11.8 Å². The first kappa shape index (κ1) is 10.0. The average molecular weight is 180 g/mol. The fraction of sp³-hybridized carbons (Fsp3) is 0.545. The van der Waals surface area contributed by atoms with E-state index in [9.17, 15) is 4.79 Å². The maximum Gasteiger partial charge on any atom is 0.327 e. The van der Waals surface area contributed by atoms with Crippen LogP contribution in [-0.4, -0.2) is 11.1 Å². The molecule has 1 aliphatic carbocycles. The summed E-state index contributed by atoms with van der Waals surface area (Å²) in [6.07, 6.45) is 7.55. The lowest BCUT2D eigenvalue weighted by Gasteiger charge is -2.25. The lowest BCUT2D eigenvalue weighted by Crippen LogP contribution is -2.14. The fourth-order valence-corrected chi connectivity index (χ4v) is 1.87.